The van der Waals surface area contributed by atoms with E-state index in [1.807, 2.05) is 0 Å². The van der Waals surface area contributed by atoms with Crippen LogP contribution in [0.4, 0.5) is 0 Å². The van der Waals surface area contributed by atoms with E-state index in [4.69, 9.17) is 5.11 Å². The molecule has 1 heteroatoms. The van der Waals surface area contributed by atoms with Crippen molar-refractivity contribution in [3.05, 3.63) is 12.2 Å². The highest BCUT2D eigenvalue weighted by molar-refractivity contribution is 4.81. The van der Waals surface area contributed by atoms with E-state index in [9.17, 15) is 0 Å². The Morgan fingerprint density at radius 3 is 2.29 bits per heavy atom. The second kappa shape index (κ2) is 10.8. The van der Waals surface area contributed by atoms with Crippen LogP contribution in [-0.4, -0.2) is 11.7 Å². The highest BCUT2D eigenvalue weighted by atomic mass is 16.3. The lowest BCUT2D eigenvalue weighted by Crippen LogP contribution is -1.99. The van der Waals surface area contributed by atoms with Gasteiger partial charge in [-0.3, -0.25) is 0 Å². The van der Waals surface area contributed by atoms with Crippen LogP contribution >= 0.6 is 0 Å². The average molecular weight is 198 g/mol. The first-order valence-electron chi connectivity index (χ1n) is 6.07. The zero-order valence-electron chi connectivity index (χ0n) is 9.84. The Hall–Kier alpha value is -0.300. The summed E-state index contributed by atoms with van der Waals surface area (Å²) in [6, 6.07) is 0. The van der Waals surface area contributed by atoms with Gasteiger partial charge in [0, 0.05) is 6.61 Å². The molecule has 0 rings (SSSR count). The molecular formula is C13H26O. The fraction of sp³-hybridized carbons (Fsp3) is 0.846. The van der Waals surface area contributed by atoms with Gasteiger partial charge in [-0.1, -0.05) is 45.3 Å². The molecule has 0 aromatic rings. The number of aliphatic hydroxyl groups excluding tert-OH is 1. The standard InChI is InChI=1S/C13H26O/c1-3-4-5-6-7-8-9-10-11-13(2)12-14/h6-7,13-14H,3-5,8-12H2,1-2H3/b7-6+. The van der Waals surface area contributed by atoms with Crippen LogP contribution in [0, 0.1) is 5.92 Å². The fourth-order valence-electron chi connectivity index (χ4n) is 1.40. The quantitative estimate of drug-likeness (QED) is 0.440. The summed E-state index contributed by atoms with van der Waals surface area (Å²) < 4.78 is 0. The van der Waals surface area contributed by atoms with Crippen LogP contribution in [-0.2, 0) is 0 Å². The van der Waals surface area contributed by atoms with Gasteiger partial charge >= 0.3 is 0 Å². The molecule has 0 amide bonds. The lowest BCUT2D eigenvalue weighted by atomic mass is 10.0. The zero-order valence-corrected chi connectivity index (χ0v) is 9.84. The molecule has 0 fully saturated rings. The molecular weight excluding hydrogens is 172 g/mol. The smallest absolute Gasteiger partial charge is 0.0456 e. The van der Waals surface area contributed by atoms with Crippen molar-refractivity contribution >= 4 is 0 Å². The van der Waals surface area contributed by atoms with Crippen LogP contribution in [0.1, 0.15) is 58.8 Å². The summed E-state index contributed by atoms with van der Waals surface area (Å²) in [4.78, 5) is 0. The van der Waals surface area contributed by atoms with Gasteiger partial charge in [0.2, 0.25) is 0 Å². The molecule has 0 saturated carbocycles. The van der Waals surface area contributed by atoms with E-state index in [1.54, 1.807) is 0 Å². The fourth-order valence-corrected chi connectivity index (χ4v) is 1.40. The van der Waals surface area contributed by atoms with Crippen molar-refractivity contribution in [3.63, 3.8) is 0 Å². The molecule has 0 saturated heterocycles. The molecule has 0 aromatic heterocycles. The number of aliphatic hydroxyl groups is 1. The largest absolute Gasteiger partial charge is 0.396 e. The van der Waals surface area contributed by atoms with Gasteiger partial charge in [0.05, 0.1) is 0 Å². The molecule has 0 aliphatic carbocycles. The van der Waals surface area contributed by atoms with Crippen LogP contribution in [0.5, 0.6) is 0 Å². The molecule has 14 heavy (non-hydrogen) atoms. The number of hydrogen-bond donors (Lipinski definition) is 1. The van der Waals surface area contributed by atoms with Gasteiger partial charge in [-0.15, -0.1) is 0 Å². The van der Waals surface area contributed by atoms with Crippen LogP contribution in [0.2, 0.25) is 0 Å². The Balaban J connectivity index is 3.08. The molecule has 1 atom stereocenters. The topological polar surface area (TPSA) is 20.2 Å². The molecule has 0 aliphatic heterocycles. The number of unbranched alkanes of at least 4 members (excludes halogenated alkanes) is 4. The third kappa shape index (κ3) is 9.79. The van der Waals surface area contributed by atoms with E-state index in [0.717, 1.165) is 0 Å². The second-order valence-corrected chi connectivity index (χ2v) is 4.19. The molecule has 0 bridgehead atoms. The summed E-state index contributed by atoms with van der Waals surface area (Å²) in [7, 11) is 0. The first-order valence-corrected chi connectivity index (χ1v) is 6.07. The van der Waals surface area contributed by atoms with E-state index in [0.29, 0.717) is 12.5 Å². The van der Waals surface area contributed by atoms with Crippen molar-refractivity contribution in [1.82, 2.24) is 0 Å². The molecule has 0 radical (unpaired) electrons. The normalized spacial score (nSPS) is 13.6. The van der Waals surface area contributed by atoms with E-state index < -0.39 is 0 Å². The Bertz CT molecular complexity index is 129. The summed E-state index contributed by atoms with van der Waals surface area (Å²) in [6.45, 7) is 4.67. The van der Waals surface area contributed by atoms with Crippen LogP contribution in [0.3, 0.4) is 0 Å². The third-order valence-electron chi connectivity index (χ3n) is 2.52. The molecule has 84 valence electrons. The van der Waals surface area contributed by atoms with Crippen LogP contribution in [0.15, 0.2) is 12.2 Å². The van der Waals surface area contributed by atoms with Gasteiger partial charge in [-0.05, 0) is 31.6 Å². The van der Waals surface area contributed by atoms with E-state index in [1.165, 1.54) is 44.9 Å². The number of allylic oxidation sites excluding steroid dienone is 2. The minimum Gasteiger partial charge on any atom is -0.396 e. The monoisotopic (exact) mass is 198 g/mol. The van der Waals surface area contributed by atoms with Crippen molar-refractivity contribution in [2.75, 3.05) is 6.61 Å². The Labute approximate surface area is 89.2 Å². The van der Waals surface area contributed by atoms with Gasteiger partial charge in [-0.2, -0.15) is 0 Å². The van der Waals surface area contributed by atoms with E-state index in [2.05, 4.69) is 26.0 Å². The second-order valence-electron chi connectivity index (χ2n) is 4.19. The van der Waals surface area contributed by atoms with Crippen LogP contribution in [0.25, 0.3) is 0 Å². The number of hydrogen-bond acceptors (Lipinski definition) is 1. The summed E-state index contributed by atoms with van der Waals surface area (Å²) >= 11 is 0. The predicted octanol–water partition coefficient (Wildman–Crippen LogP) is 3.92. The van der Waals surface area contributed by atoms with Crippen molar-refractivity contribution in [1.29, 1.82) is 0 Å². The van der Waals surface area contributed by atoms with Gasteiger partial charge in [0.1, 0.15) is 0 Å². The van der Waals surface area contributed by atoms with E-state index >= 15 is 0 Å². The Morgan fingerprint density at radius 1 is 1.07 bits per heavy atom. The first-order chi connectivity index (χ1) is 6.81. The van der Waals surface area contributed by atoms with Crippen molar-refractivity contribution in [2.45, 2.75) is 58.8 Å². The zero-order chi connectivity index (χ0) is 10.6. The van der Waals surface area contributed by atoms with Crippen molar-refractivity contribution in [3.8, 4) is 0 Å². The maximum atomic E-state index is 8.82. The van der Waals surface area contributed by atoms with Gasteiger partial charge < -0.3 is 5.11 Å². The molecule has 0 aliphatic rings. The Kier molecular flexibility index (Phi) is 10.5. The first kappa shape index (κ1) is 13.7. The maximum Gasteiger partial charge on any atom is 0.0456 e. The lowest BCUT2D eigenvalue weighted by Gasteiger charge is -2.05. The minimum atomic E-state index is 0.340. The third-order valence-corrected chi connectivity index (χ3v) is 2.52. The number of rotatable bonds is 9. The summed E-state index contributed by atoms with van der Waals surface area (Å²) in [5.41, 5.74) is 0. The summed E-state index contributed by atoms with van der Waals surface area (Å²) in [5, 5.41) is 8.82. The van der Waals surface area contributed by atoms with Crippen molar-refractivity contribution in [2.24, 2.45) is 5.92 Å². The molecule has 1 N–H and O–H groups in total. The summed E-state index contributed by atoms with van der Waals surface area (Å²) in [6.07, 6.45) is 13.4. The maximum absolute atomic E-state index is 8.82. The highest BCUT2D eigenvalue weighted by Crippen LogP contribution is 2.09. The molecule has 0 spiro atoms. The van der Waals surface area contributed by atoms with Gasteiger partial charge in [0.25, 0.3) is 0 Å². The highest BCUT2D eigenvalue weighted by Gasteiger charge is 1.97. The van der Waals surface area contributed by atoms with E-state index in [-0.39, 0.29) is 0 Å². The van der Waals surface area contributed by atoms with Gasteiger partial charge in [-0.25, -0.2) is 0 Å². The Morgan fingerprint density at radius 2 is 1.71 bits per heavy atom. The minimum absolute atomic E-state index is 0.340. The lowest BCUT2D eigenvalue weighted by molar-refractivity contribution is 0.227. The SMILES string of the molecule is CCCC/C=C/CCCCC(C)CO. The molecule has 0 heterocycles. The molecule has 1 unspecified atom stereocenters. The predicted molar refractivity (Wildman–Crippen MR) is 63.4 cm³/mol. The van der Waals surface area contributed by atoms with Crippen molar-refractivity contribution < 1.29 is 5.11 Å². The average Bonchev–Trinajstić information content (AvgIpc) is 2.21. The summed E-state index contributed by atoms with van der Waals surface area (Å²) in [5.74, 6) is 0.485. The van der Waals surface area contributed by atoms with Gasteiger partial charge in [0.15, 0.2) is 0 Å². The molecule has 0 aromatic carbocycles. The molecule has 1 nitrogen and oxygen atoms in total. The van der Waals surface area contributed by atoms with Crippen LogP contribution < -0.4 is 0 Å².